The van der Waals surface area contributed by atoms with Crippen LogP contribution in [0.15, 0.2) is 53.7 Å². The minimum Gasteiger partial charge on any atom is -0.308 e. The second-order valence-corrected chi connectivity index (χ2v) is 6.94. The molecule has 1 heterocycles. The Morgan fingerprint density at radius 1 is 1.05 bits per heavy atom. The first-order valence-corrected chi connectivity index (χ1v) is 7.87. The summed E-state index contributed by atoms with van der Waals surface area (Å²) in [5.41, 5.74) is 2.79. The van der Waals surface area contributed by atoms with E-state index in [1.165, 1.54) is 16.0 Å². The van der Waals surface area contributed by atoms with E-state index in [1.807, 2.05) is 24.2 Å². The molecule has 2 nitrogen and oxygen atoms in total. The molecule has 0 aliphatic carbocycles. The number of rotatable bonds is 5. The maximum atomic E-state index is 4.04. The molecule has 0 saturated carbocycles. The van der Waals surface area contributed by atoms with Crippen LogP contribution in [0.1, 0.15) is 31.9 Å². The first kappa shape index (κ1) is 15.1. The van der Waals surface area contributed by atoms with Crippen LogP contribution in [-0.4, -0.2) is 10.5 Å². The molecule has 0 spiro atoms. The van der Waals surface area contributed by atoms with Crippen molar-refractivity contribution >= 4 is 11.8 Å². The molecule has 106 valence electrons. The summed E-state index contributed by atoms with van der Waals surface area (Å²) in [4.78, 5) is 5.36. The standard InChI is InChI=1S/C17H22N2S/c1-17(2,3)19-12-15-5-4-6-16(11-15)20-13-14-7-9-18-10-8-14/h4-11,19H,12-13H2,1-3H3. The van der Waals surface area contributed by atoms with Gasteiger partial charge in [0, 0.05) is 35.1 Å². The Bertz CT molecular complexity index is 532. The predicted octanol–water partition coefficient (Wildman–Crippen LogP) is 4.26. The number of nitrogens with zero attached hydrogens (tertiary/aromatic N) is 1. The Hall–Kier alpha value is -1.32. The minimum absolute atomic E-state index is 0.153. The lowest BCUT2D eigenvalue weighted by atomic mass is 10.1. The normalized spacial score (nSPS) is 11.6. The highest BCUT2D eigenvalue weighted by atomic mass is 32.2. The van der Waals surface area contributed by atoms with Crippen molar-refractivity contribution in [1.82, 2.24) is 10.3 Å². The van der Waals surface area contributed by atoms with Crippen LogP contribution < -0.4 is 5.32 Å². The average Bonchev–Trinajstić information content (AvgIpc) is 2.44. The summed E-state index contributed by atoms with van der Waals surface area (Å²) >= 11 is 1.87. The molecule has 20 heavy (non-hydrogen) atoms. The summed E-state index contributed by atoms with van der Waals surface area (Å²) in [7, 11) is 0. The number of hydrogen-bond acceptors (Lipinski definition) is 3. The van der Waals surface area contributed by atoms with Gasteiger partial charge in [-0.25, -0.2) is 0 Å². The Labute approximate surface area is 126 Å². The van der Waals surface area contributed by atoms with Crippen LogP contribution in [0.2, 0.25) is 0 Å². The molecule has 0 saturated heterocycles. The van der Waals surface area contributed by atoms with Gasteiger partial charge in [0.05, 0.1) is 0 Å². The highest BCUT2D eigenvalue weighted by molar-refractivity contribution is 7.98. The molecule has 1 aromatic carbocycles. The third-order valence-electron chi connectivity index (χ3n) is 2.88. The zero-order valence-corrected chi connectivity index (χ0v) is 13.2. The lowest BCUT2D eigenvalue weighted by Gasteiger charge is -2.20. The third kappa shape index (κ3) is 5.35. The van der Waals surface area contributed by atoms with E-state index in [0.717, 1.165) is 12.3 Å². The number of thioether (sulfide) groups is 1. The lowest BCUT2D eigenvalue weighted by molar-refractivity contribution is 0.424. The van der Waals surface area contributed by atoms with E-state index in [1.54, 1.807) is 0 Å². The number of benzene rings is 1. The van der Waals surface area contributed by atoms with Gasteiger partial charge in [-0.05, 0) is 56.2 Å². The molecular weight excluding hydrogens is 264 g/mol. The average molecular weight is 286 g/mol. The Kier molecular flexibility index (Phi) is 5.21. The lowest BCUT2D eigenvalue weighted by Crippen LogP contribution is -2.35. The summed E-state index contributed by atoms with van der Waals surface area (Å²) in [5.74, 6) is 0.985. The van der Waals surface area contributed by atoms with E-state index in [2.05, 4.69) is 67.5 Å². The zero-order chi connectivity index (χ0) is 14.4. The predicted molar refractivity (Wildman–Crippen MR) is 86.8 cm³/mol. The van der Waals surface area contributed by atoms with Crippen molar-refractivity contribution in [2.24, 2.45) is 0 Å². The number of pyridine rings is 1. The smallest absolute Gasteiger partial charge is 0.0270 e. The van der Waals surface area contributed by atoms with Gasteiger partial charge in [-0.3, -0.25) is 4.98 Å². The van der Waals surface area contributed by atoms with Crippen LogP contribution in [-0.2, 0) is 12.3 Å². The first-order valence-electron chi connectivity index (χ1n) is 6.89. The fourth-order valence-corrected chi connectivity index (χ4v) is 2.69. The van der Waals surface area contributed by atoms with Crippen LogP contribution in [0.3, 0.4) is 0 Å². The van der Waals surface area contributed by atoms with E-state index < -0.39 is 0 Å². The van der Waals surface area contributed by atoms with Crippen LogP contribution in [0, 0.1) is 0 Å². The number of nitrogens with one attached hydrogen (secondary N) is 1. The molecule has 1 aromatic heterocycles. The van der Waals surface area contributed by atoms with Crippen molar-refractivity contribution in [1.29, 1.82) is 0 Å². The summed E-state index contributed by atoms with van der Waals surface area (Å²) in [6.45, 7) is 7.48. The van der Waals surface area contributed by atoms with Crippen molar-refractivity contribution in [2.45, 2.75) is 43.5 Å². The van der Waals surface area contributed by atoms with Gasteiger partial charge in [0.25, 0.3) is 0 Å². The molecule has 3 heteroatoms. The van der Waals surface area contributed by atoms with Crippen molar-refractivity contribution in [3.05, 3.63) is 59.9 Å². The van der Waals surface area contributed by atoms with Gasteiger partial charge in [-0.15, -0.1) is 11.8 Å². The molecule has 0 aliphatic heterocycles. The first-order chi connectivity index (χ1) is 9.53. The number of hydrogen-bond donors (Lipinski definition) is 1. The van der Waals surface area contributed by atoms with Gasteiger partial charge in [0.15, 0.2) is 0 Å². The SMILES string of the molecule is CC(C)(C)NCc1cccc(SCc2ccncc2)c1. The largest absolute Gasteiger partial charge is 0.308 e. The fraction of sp³-hybridized carbons (Fsp3) is 0.353. The molecule has 0 radical (unpaired) electrons. The van der Waals surface area contributed by atoms with Gasteiger partial charge in [0.2, 0.25) is 0 Å². The van der Waals surface area contributed by atoms with E-state index >= 15 is 0 Å². The molecular formula is C17H22N2S. The van der Waals surface area contributed by atoms with Gasteiger partial charge >= 0.3 is 0 Å². The highest BCUT2D eigenvalue weighted by Gasteiger charge is 2.08. The third-order valence-corrected chi connectivity index (χ3v) is 3.94. The van der Waals surface area contributed by atoms with E-state index in [-0.39, 0.29) is 5.54 Å². The second kappa shape index (κ2) is 6.91. The van der Waals surface area contributed by atoms with Gasteiger partial charge in [0.1, 0.15) is 0 Å². The Balaban J connectivity index is 1.92. The fourth-order valence-electron chi connectivity index (χ4n) is 1.76. The summed E-state index contributed by atoms with van der Waals surface area (Å²) in [5, 5.41) is 3.52. The maximum Gasteiger partial charge on any atom is 0.0270 e. The molecule has 1 N–H and O–H groups in total. The molecule has 2 rings (SSSR count). The highest BCUT2D eigenvalue weighted by Crippen LogP contribution is 2.23. The van der Waals surface area contributed by atoms with Gasteiger partial charge in [-0.2, -0.15) is 0 Å². The second-order valence-electron chi connectivity index (χ2n) is 5.90. The van der Waals surface area contributed by atoms with Gasteiger partial charge in [-0.1, -0.05) is 12.1 Å². The topological polar surface area (TPSA) is 24.9 Å². The molecule has 0 fully saturated rings. The quantitative estimate of drug-likeness (QED) is 0.831. The van der Waals surface area contributed by atoms with Crippen molar-refractivity contribution < 1.29 is 0 Å². The van der Waals surface area contributed by atoms with Gasteiger partial charge < -0.3 is 5.32 Å². The summed E-state index contributed by atoms with van der Waals surface area (Å²) < 4.78 is 0. The molecule has 0 aliphatic rings. The number of aromatic nitrogens is 1. The van der Waals surface area contributed by atoms with Crippen LogP contribution in [0.4, 0.5) is 0 Å². The van der Waals surface area contributed by atoms with E-state index in [0.29, 0.717) is 0 Å². The molecule has 2 aromatic rings. The van der Waals surface area contributed by atoms with E-state index in [9.17, 15) is 0 Å². The van der Waals surface area contributed by atoms with Crippen molar-refractivity contribution in [3.63, 3.8) is 0 Å². The molecule has 0 unspecified atom stereocenters. The molecule has 0 amide bonds. The molecule has 0 bridgehead atoms. The minimum atomic E-state index is 0.153. The van der Waals surface area contributed by atoms with Crippen LogP contribution in [0.5, 0.6) is 0 Å². The van der Waals surface area contributed by atoms with Crippen molar-refractivity contribution in [2.75, 3.05) is 0 Å². The zero-order valence-electron chi connectivity index (χ0n) is 12.4. The Morgan fingerprint density at radius 3 is 2.50 bits per heavy atom. The maximum absolute atomic E-state index is 4.04. The Morgan fingerprint density at radius 2 is 1.80 bits per heavy atom. The van der Waals surface area contributed by atoms with Crippen LogP contribution >= 0.6 is 11.8 Å². The monoisotopic (exact) mass is 286 g/mol. The van der Waals surface area contributed by atoms with Crippen LogP contribution in [0.25, 0.3) is 0 Å². The van der Waals surface area contributed by atoms with E-state index in [4.69, 9.17) is 0 Å². The van der Waals surface area contributed by atoms with Crippen molar-refractivity contribution in [3.8, 4) is 0 Å². The summed E-state index contributed by atoms with van der Waals surface area (Å²) in [6, 6.07) is 12.9. The summed E-state index contributed by atoms with van der Waals surface area (Å²) in [6.07, 6.45) is 3.69. The molecule has 0 atom stereocenters.